The lowest BCUT2D eigenvalue weighted by Gasteiger charge is -2.20. The molecule has 2 amide bonds. The lowest BCUT2D eigenvalue weighted by molar-refractivity contribution is -0.121. The number of ether oxygens (including phenoxy) is 1. The highest BCUT2D eigenvalue weighted by molar-refractivity contribution is 7.12. The Hall–Kier alpha value is -2.09. The van der Waals surface area contributed by atoms with Crippen molar-refractivity contribution in [1.82, 2.24) is 10.6 Å². The Morgan fingerprint density at radius 2 is 2.17 bits per heavy atom. The number of rotatable bonds is 4. The number of thiophene rings is 1. The molecule has 1 heterocycles. The summed E-state index contributed by atoms with van der Waals surface area (Å²) in [6.45, 7) is 5.15. The molecule has 7 nitrogen and oxygen atoms in total. The summed E-state index contributed by atoms with van der Waals surface area (Å²) in [6.07, 6.45) is -0.0365. The van der Waals surface area contributed by atoms with Gasteiger partial charge >= 0.3 is 6.09 Å². The maximum absolute atomic E-state index is 12.0. The Bertz CT molecular complexity index is 618. The van der Waals surface area contributed by atoms with Crippen LogP contribution in [0.2, 0.25) is 0 Å². The number of nitrogens with zero attached hydrogens (tertiary/aromatic N) is 1. The first-order valence-corrected chi connectivity index (χ1v) is 8.12. The molecule has 1 aliphatic carbocycles. The summed E-state index contributed by atoms with van der Waals surface area (Å²) in [5.74, 6) is -0.281. The minimum absolute atomic E-state index is 0.137. The second-order valence-corrected chi connectivity index (χ2v) is 7.02. The summed E-state index contributed by atoms with van der Waals surface area (Å²) in [5.41, 5.74) is 1.25. The minimum Gasteiger partial charge on any atom is -0.444 e. The molecule has 0 saturated carbocycles. The molecule has 0 bridgehead atoms. The highest BCUT2D eigenvalue weighted by Gasteiger charge is 2.30. The largest absolute Gasteiger partial charge is 0.444 e. The first-order valence-electron chi connectivity index (χ1n) is 7.24. The number of fused-ring (bicyclic) bond motifs is 1. The summed E-state index contributed by atoms with van der Waals surface area (Å²) in [4.78, 5) is 29.4. The normalized spacial score (nSPS) is 18.4. The third-order valence-electron chi connectivity index (χ3n) is 3.06. The average Bonchev–Trinajstić information content (AvgIpc) is 3.00. The molecule has 0 aliphatic heterocycles. The summed E-state index contributed by atoms with van der Waals surface area (Å²) in [7, 11) is 1.50. The average molecular weight is 339 g/mol. The third-order valence-corrected chi connectivity index (χ3v) is 4.04. The van der Waals surface area contributed by atoms with Crippen molar-refractivity contribution >= 4 is 29.0 Å². The molecule has 0 spiro atoms. The highest BCUT2D eigenvalue weighted by atomic mass is 32.1. The fraction of sp³-hybridized carbons (Fsp3) is 0.533. The van der Waals surface area contributed by atoms with Gasteiger partial charge in [-0.25, -0.2) is 4.79 Å². The zero-order valence-corrected chi connectivity index (χ0v) is 14.5. The lowest BCUT2D eigenvalue weighted by atomic mass is 10.2. The molecule has 1 atom stereocenters. The van der Waals surface area contributed by atoms with Crippen LogP contribution >= 0.6 is 11.3 Å². The summed E-state index contributed by atoms with van der Waals surface area (Å²) < 4.78 is 5.09. The summed E-state index contributed by atoms with van der Waals surface area (Å²) in [6, 6.07) is 1.81. The fourth-order valence-electron chi connectivity index (χ4n) is 2.25. The molecule has 0 fully saturated rings. The van der Waals surface area contributed by atoms with Crippen LogP contribution in [0.1, 0.15) is 43.7 Å². The van der Waals surface area contributed by atoms with E-state index in [1.54, 1.807) is 32.1 Å². The van der Waals surface area contributed by atoms with E-state index in [2.05, 4.69) is 15.8 Å². The second kappa shape index (κ2) is 6.99. The Kier molecular flexibility index (Phi) is 5.25. The van der Waals surface area contributed by atoms with E-state index in [1.165, 1.54) is 7.11 Å². The van der Waals surface area contributed by atoms with Crippen LogP contribution in [0.15, 0.2) is 16.6 Å². The van der Waals surface area contributed by atoms with Crippen molar-refractivity contribution in [3.8, 4) is 0 Å². The van der Waals surface area contributed by atoms with Gasteiger partial charge in [0.2, 0.25) is 5.91 Å². The molecule has 0 saturated heterocycles. The van der Waals surface area contributed by atoms with Crippen molar-refractivity contribution in [2.75, 3.05) is 13.7 Å². The van der Waals surface area contributed by atoms with Crippen LogP contribution in [-0.4, -0.2) is 37.0 Å². The smallest absolute Gasteiger partial charge is 0.408 e. The van der Waals surface area contributed by atoms with E-state index < -0.39 is 11.7 Å². The van der Waals surface area contributed by atoms with Gasteiger partial charge in [-0.2, -0.15) is 0 Å². The zero-order valence-electron chi connectivity index (χ0n) is 13.6. The van der Waals surface area contributed by atoms with Gasteiger partial charge in [-0.15, -0.1) is 11.3 Å². The number of carbonyl (C=O) groups excluding carboxylic acids is 2. The van der Waals surface area contributed by atoms with Gasteiger partial charge in [0.15, 0.2) is 0 Å². The van der Waals surface area contributed by atoms with Crippen LogP contribution in [0.3, 0.4) is 0 Å². The van der Waals surface area contributed by atoms with Crippen LogP contribution in [0.4, 0.5) is 4.79 Å². The third kappa shape index (κ3) is 4.69. The van der Waals surface area contributed by atoms with E-state index in [0.29, 0.717) is 6.42 Å². The quantitative estimate of drug-likeness (QED) is 0.823. The van der Waals surface area contributed by atoms with Gasteiger partial charge in [0.05, 0.1) is 16.6 Å². The molecular weight excluding hydrogens is 318 g/mol. The number of carbonyl (C=O) groups is 2. The van der Waals surface area contributed by atoms with Crippen LogP contribution in [0, 0.1) is 0 Å². The van der Waals surface area contributed by atoms with Crippen LogP contribution in [-0.2, 0) is 14.4 Å². The first-order chi connectivity index (χ1) is 10.8. The topological polar surface area (TPSA) is 89.0 Å². The molecule has 2 rings (SSSR count). The van der Waals surface area contributed by atoms with Gasteiger partial charge in [0, 0.05) is 6.42 Å². The van der Waals surface area contributed by atoms with Gasteiger partial charge in [0.25, 0.3) is 0 Å². The summed E-state index contributed by atoms with van der Waals surface area (Å²) in [5, 5.41) is 11.3. The molecule has 23 heavy (non-hydrogen) atoms. The lowest BCUT2D eigenvalue weighted by Crippen LogP contribution is -2.40. The Balaban J connectivity index is 1.87. The van der Waals surface area contributed by atoms with Crippen molar-refractivity contribution in [1.29, 1.82) is 0 Å². The van der Waals surface area contributed by atoms with Gasteiger partial charge in [-0.05, 0) is 37.8 Å². The molecule has 1 aromatic heterocycles. The number of hydrogen-bond acceptors (Lipinski definition) is 6. The molecule has 126 valence electrons. The van der Waals surface area contributed by atoms with E-state index in [4.69, 9.17) is 9.57 Å². The molecule has 0 aromatic carbocycles. The van der Waals surface area contributed by atoms with E-state index >= 15 is 0 Å². The molecule has 1 aliphatic rings. The SMILES string of the molecule is CO/N=C1\C[C@@H](NC(=O)CNC(=O)OC(C)(C)C)c2ccsc21. The second-order valence-electron chi connectivity index (χ2n) is 6.11. The van der Waals surface area contributed by atoms with Crippen molar-refractivity contribution < 1.29 is 19.2 Å². The number of alkyl carbamates (subject to hydrolysis) is 1. The van der Waals surface area contributed by atoms with Crippen molar-refractivity contribution in [2.45, 2.75) is 38.8 Å². The van der Waals surface area contributed by atoms with E-state index in [-0.39, 0.29) is 18.5 Å². The van der Waals surface area contributed by atoms with Gasteiger partial charge in [-0.1, -0.05) is 5.16 Å². The minimum atomic E-state index is -0.614. The predicted octanol–water partition coefficient (Wildman–Crippen LogP) is 2.18. The van der Waals surface area contributed by atoms with E-state index in [9.17, 15) is 9.59 Å². The fourth-order valence-corrected chi connectivity index (χ4v) is 3.21. The molecule has 0 unspecified atom stereocenters. The van der Waals surface area contributed by atoms with Crippen molar-refractivity contribution in [3.63, 3.8) is 0 Å². The van der Waals surface area contributed by atoms with Gasteiger partial charge in [-0.3, -0.25) is 4.79 Å². The zero-order chi connectivity index (χ0) is 17.0. The first kappa shape index (κ1) is 17.3. The van der Waals surface area contributed by atoms with Gasteiger partial charge < -0.3 is 20.2 Å². The van der Waals surface area contributed by atoms with E-state index in [0.717, 1.165) is 16.2 Å². The Morgan fingerprint density at radius 3 is 2.83 bits per heavy atom. The van der Waals surface area contributed by atoms with Gasteiger partial charge in [0.1, 0.15) is 19.3 Å². The number of hydrogen-bond donors (Lipinski definition) is 2. The molecule has 2 N–H and O–H groups in total. The van der Waals surface area contributed by atoms with E-state index in [1.807, 2.05) is 11.4 Å². The maximum Gasteiger partial charge on any atom is 0.408 e. The molecular formula is C15H21N3O4S. The predicted molar refractivity (Wildman–Crippen MR) is 87.6 cm³/mol. The van der Waals surface area contributed by atoms with Crippen molar-refractivity contribution in [3.05, 3.63) is 21.9 Å². The highest BCUT2D eigenvalue weighted by Crippen LogP contribution is 2.35. The Labute approximate surface area is 139 Å². The molecule has 8 heteroatoms. The van der Waals surface area contributed by atoms with Crippen LogP contribution < -0.4 is 10.6 Å². The van der Waals surface area contributed by atoms with Crippen LogP contribution in [0.25, 0.3) is 0 Å². The summed E-state index contributed by atoms with van der Waals surface area (Å²) >= 11 is 1.56. The maximum atomic E-state index is 12.0. The van der Waals surface area contributed by atoms with Crippen molar-refractivity contribution in [2.24, 2.45) is 5.16 Å². The molecule has 1 aromatic rings. The number of amides is 2. The monoisotopic (exact) mass is 339 g/mol. The number of oxime groups is 1. The standard InChI is InChI=1S/C15H21N3O4S/c1-15(2,3)22-14(20)16-8-12(19)17-10-7-11(18-21-4)13-9(10)5-6-23-13/h5-6,10H,7-8H2,1-4H3,(H,16,20)(H,17,19)/b18-11+/t10-/m1/s1. The number of nitrogens with one attached hydrogen (secondary N) is 2. The Morgan fingerprint density at radius 1 is 1.43 bits per heavy atom. The van der Waals surface area contributed by atoms with Crippen LogP contribution in [0.5, 0.6) is 0 Å². The molecule has 0 radical (unpaired) electrons.